The van der Waals surface area contributed by atoms with Crippen molar-refractivity contribution in [1.82, 2.24) is 0 Å². The fraction of sp³-hybridized carbons (Fsp3) is 0.125. The van der Waals surface area contributed by atoms with Crippen LogP contribution in [0.1, 0.15) is 10.4 Å². The van der Waals surface area contributed by atoms with Gasteiger partial charge < -0.3 is 10.1 Å². The number of nitrogens with one attached hydrogen (secondary N) is 1. The van der Waals surface area contributed by atoms with Crippen molar-refractivity contribution in [3.05, 3.63) is 60.2 Å². The van der Waals surface area contributed by atoms with E-state index in [1.807, 2.05) is 6.07 Å². The molecule has 1 amide bonds. The third-order valence-corrected chi connectivity index (χ3v) is 3.78. The minimum absolute atomic E-state index is 0.204. The van der Waals surface area contributed by atoms with E-state index in [2.05, 4.69) is 5.32 Å². The molecule has 0 saturated heterocycles. The molecule has 0 heterocycles. The zero-order chi connectivity index (χ0) is 15.9. The summed E-state index contributed by atoms with van der Waals surface area (Å²) in [6, 6.07) is 15.3. The zero-order valence-electron chi connectivity index (χ0n) is 11.9. The molecule has 0 spiro atoms. The number of hydrogen-bond acceptors (Lipinski definition) is 4. The molecule has 22 heavy (non-hydrogen) atoms. The van der Waals surface area contributed by atoms with Gasteiger partial charge in [0.25, 0.3) is 5.91 Å². The Hall–Kier alpha value is -2.47. The largest absolute Gasteiger partial charge is 0.452 e. The summed E-state index contributed by atoms with van der Waals surface area (Å²) in [5.41, 5.74) is 0.828. The predicted molar refractivity (Wildman–Crippen MR) is 84.1 cm³/mol. The van der Waals surface area contributed by atoms with Gasteiger partial charge in [0.1, 0.15) is 0 Å². The van der Waals surface area contributed by atoms with Gasteiger partial charge >= 0.3 is 5.97 Å². The van der Waals surface area contributed by atoms with Crippen LogP contribution >= 0.6 is 0 Å². The maximum absolute atomic E-state index is 12.0. The Morgan fingerprint density at radius 2 is 1.68 bits per heavy atom. The number of carbonyl (C=O) groups is 2. The molecule has 1 atom stereocenters. The van der Waals surface area contributed by atoms with Crippen molar-refractivity contribution in [2.45, 2.75) is 4.90 Å². The number of ether oxygens (including phenoxy) is 1. The van der Waals surface area contributed by atoms with E-state index in [0.717, 1.165) is 0 Å². The third kappa shape index (κ3) is 4.26. The Balaban J connectivity index is 1.96. The molecule has 0 aliphatic carbocycles. The summed E-state index contributed by atoms with van der Waals surface area (Å²) in [4.78, 5) is 24.1. The highest BCUT2D eigenvalue weighted by molar-refractivity contribution is 7.84. The van der Waals surface area contributed by atoms with E-state index in [4.69, 9.17) is 4.74 Å². The van der Waals surface area contributed by atoms with E-state index < -0.39 is 29.3 Å². The van der Waals surface area contributed by atoms with Crippen molar-refractivity contribution >= 4 is 28.4 Å². The lowest BCUT2D eigenvalue weighted by atomic mass is 10.2. The molecule has 0 fully saturated rings. The topological polar surface area (TPSA) is 72.5 Å². The molecule has 2 aromatic rings. The van der Waals surface area contributed by atoms with Crippen LogP contribution in [-0.4, -0.2) is 28.9 Å². The second-order valence-electron chi connectivity index (χ2n) is 4.44. The number of para-hydroxylation sites is 1. The number of anilines is 1. The molecule has 0 bridgehead atoms. The van der Waals surface area contributed by atoms with Gasteiger partial charge in [0.15, 0.2) is 6.61 Å². The molecular formula is C16H15NO4S. The molecule has 0 saturated carbocycles. The van der Waals surface area contributed by atoms with Gasteiger partial charge in [0.2, 0.25) is 0 Å². The Morgan fingerprint density at radius 1 is 1.05 bits per heavy atom. The van der Waals surface area contributed by atoms with E-state index in [0.29, 0.717) is 10.6 Å². The molecule has 0 aromatic heterocycles. The van der Waals surface area contributed by atoms with Gasteiger partial charge in [-0.25, -0.2) is 4.79 Å². The maximum Gasteiger partial charge on any atom is 0.339 e. The number of hydrogen-bond donors (Lipinski definition) is 1. The number of benzene rings is 2. The second-order valence-corrected chi connectivity index (χ2v) is 5.79. The maximum atomic E-state index is 12.0. The first-order valence-corrected chi connectivity index (χ1v) is 8.08. The van der Waals surface area contributed by atoms with Gasteiger partial charge in [0.05, 0.1) is 21.3 Å². The highest BCUT2D eigenvalue weighted by Gasteiger charge is 2.16. The molecule has 2 aromatic carbocycles. The van der Waals surface area contributed by atoms with Crippen LogP contribution in [0.25, 0.3) is 0 Å². The van der Waals surface area contributed by atoms with Gasteiger partial charge in [-0.05, 0) is 24.3 Å². The monoisotopic (exact) mass is 317 g/mol. The summed E-state index contributed by atoms with van der Waals surface area (Å²) >= 11 is 0. The molecule has 114 valence electrons. The average molecular weight is 317 g/mol. The van der Waals surface area contributed by atoms with Crippen LogP contribution in [0.3, 0.4) is 0 Å². The summed E-state index contributed by atoms with van der Waals surface area (Å²) in [6.45, 7) is -0.404. The van der Waals surface area contributed by atoms with E-state index >= 15 is 0 Å². The summed E-state index contributed by atoms with van der Waals surface area (Å²) in [6.07, 6.45) is 1.48. The Kier molecular flexibility index (Phi) is 5.43. The minimum atomic E-state index is -1.31. The van der Waals surface area contributed by atoms with Crippen LogP contribution < -0.4 is 5.32 Å². The number of rotatable bonds is 5. The quantitative estimate of drug-likeness (QED) is 0.858. The van der Waals surface area contributed by atoms with Crippen molar-refractivity contribution in [3.8, 4) is 0 Å². The van der Waals surface area contributed by atoms with Crippen molar-refractivity contribution < 1.29 is 18.5 Å². The van der Waals surface area contributed by atoms with Crippen molar-refractivity contribution in [2.75, 3.05) is 18.2 Å². The first-order valence-electron chi connectivity index (χ1n) is 6.52. The first-order chi connectivity index (χ1) is 10.6. The fourth-order valence-electron chi connectivity index (χ4n) is 1.81. The van der Waals surface area contributed by atoms with Crippen molar-refractivity contribution in [1.29, 1.82) is 0 Å². The summed E-state index contributed by atoms with van der Waals surface area (Å²) in [5.74, 6) is -1.11. The average Bonchev–Trinajstić information content (AvgIpc) is 2.53. The first kappa shape index (κ1) is 15.9. The van der Waals surface area contributed by atoms with Crippen molar-refractivity contribution in [3.63, 3.8) is 0 Å². The van der Waals surface area contributed by atoms with Crippen LogP contribution in [0.2, 0.25) is 0 Å². The molecule has 1 N–H and O–H groups in total. The summed E-state index contributed by atoms with van der Waals surface area (Å²) in [7, 11) is -1.31. The van der Waals surface area contributed by atoms with Gasteiger partial charge in [-0.1, -0.05) is 30.3 Å². The molecule has 0 aliphatic rings. The van der Waals surface area contributed by atoms with E-state index in [-0.39, 0.29) is 5.56 Å². The van der Waals surface area contributed by atoms with E-state index in [1.165, 1.54) is 12.3 Å². The van der Waals surface area contributed by atoms with Crippen LogP contribution in [0.4, 0.5) is 5.69 Å². The highest BCUT2D eigenvalue weighted by atomic mass is 32.2. The summed E-state index contributed by atoms with van der Waals surface area (Å²) in [5, 5.41) is 2.61. The molecule has 6 heteroatoms. The molecular weight excluding hydrogens is 302 g/mol. The van der Waals surface area contributed by atoms with Crippen LogP contribution in [0.15, 0.2) is 59.5 Å². The minimum Gasteiger partial charge on any atom is -0.452 e. The summed E-state index contributed by atoms with van der Waals surface area (Å²) < 4.78 is 16.5. The molecule has 2 rings (SSSR count). The predicted octanol–water partition coefficient (Wildman–Crippen LogP) is 2.22. The molecule has 0 aliphatic heterocycles. The van der Waals surface area contributed by atoms with Gasteiger partial charge in [-0.3, -0.25) is 9.00 Å². The lowest BCUT2D eigenvalue weighted by Gasteiger charge is -2.08. The van der Waals surface area contributed by atoms with Gasteiger partial charge in [-0.2, -0.15) is 0 Å². The lowest BCUT2D eigenvalue weighted by molar-refractivity contribution is -0.119. The van der Waals surface area contributed by atoms with Crippen LogP contribution in [0.5, 0.6) is 0 Å². The van der Waals surface area contributed by atoms with Crippen LogP contribution in [0, 0.1) is 0 Å². The standard InChI is InChI=1S/C16H15NO4S/c1-22(20)14-10-6-5-9-13(14)16(19)21-11-15(18)17-12-7-3-2-4-8-12/h2-10H,11H2,1H3,(H,17,18)/t22-/m0/s1. The van der Waals surface area contributed by atoms with Crippen LogP contribution in [-0.2, 0) is 20.3 Å². The molecule has 0 radical (unpaired) electrons. The zero-order valence-corrected chi connectivity index (χ0v) is 12.8. The normalized spacial score (nSPS) is 11.5. The van der Waals surface area contributed by atoms with E-state index in [1.54, 1.807) is 42.5 Å². The van der Waals surface area contributed by atoms with E-state index in [9.17, 15) is 13.8 Å². The molecule has 0 unspecified atom stereocenters. The number of carbonyl (C=O) groups excluding carboxylic acids is 2. The fourth-order valence-corrected chi connectivity index (χ4v) is 2.54. The molecule has 5 nitrogen and oxygen atoms in total. The van der Waals surface area contributed by atoms with Crippen molar-refractivity contribution in [2.24, 2.45) is 0 Å². The number of amides is 1. The Bertz CT molecular complexity index is 700. The Morgan fingerprint density at radius 3 is 2.36 bits per heavy atom. The van der Waals surface area contributed by atoms with Gasteiger partial charge in [-0.15, -0.1) is 0 Å². The third-order valence-electron chi connectivity index (χ3n) is 2.81. The highest BCUT2D eigenvalue weighted by Crippen LogP contribution is 2.13. The SMILES string of the molecule is C[S@](=O)c1ccccc1C(=O)OCC(=O)Nc1ccccc1. The number of esters is 1. The van der Waals surface area contributed by atoms with Gasteiger partial charge in [0, 0.05) is 11.9 Å². The lowest BCUT2D eigenvalue weighted by Crippen LogP contribution is -2.21. The smallest absolute Gasteiger partial charge is 0.339 e. The second kappa shape index (κ2) is 7.51. The Labute approximate surface area is 130 Å².